The van der Waals surface area contributed by atoms with Gasteiger partial charge in [0.25, 0.3) is 5.91 Å². The van der Waals surface area contributed by atoms with Crippen LogP contribution in [0.3, 0.4) is 0 Å². The van der Waals surface area contributed by atoms with Crippen molar-refractivity contribution in [3.8, 4) is 0 Å². The largest absolute Gasteiger partial charge is 0.350 e. The Hall–Kier alpha value is -2.99. The molecule has 1 N–H and O–H groups in total. The third-order valence-corrected chi connectivity index (χ3v) is 5.44. The molecule has 1 aliphatic heterocycles. The topological polar surface area (TPSA) is 63.1 Å². The monoisotopic (exact) mass is 389 g/mol. The van der Waals surface area contributed by atoms with E-state index in [0.29, 0.717) is 24.7 Å². The fourth-order valence-corrected chi connectivity index (χ4v) is 3.79. The lowest BCUT2D eigenvalue weighted by Gasteiger charge is -2.16. The molecule has 0 radical (unpaired) electrons. The predicted octanol–water partition coefficient (Wildman–Crippen LogP) is 2.62. The van der Waals surface area contributed by atoms with Crippen molar-refractivity contribution in [1.82, 2.24) is 25.2 Å². The van der Waals surface area contributed by atoms with Crippen molar-refractivity contribution in [1.29, 1.82) is 0 Å². The highest BCUT2D eigenvalue weighted by Gasteiger charge is 2.23. The Labute approximate surface area is 171 Å². The van der Waals surface area contributed by atoms with Crippen molar-refractivity contribution < 1.29 is 4.79 Å². The highest BCUT2D eigenvalue weighted by atomic mass is 16.2. The first-order valence-corrected chi connectivity index (χ1v) is 10.2. The minimum atomic E-state index is -0.146. The Kier molecular flexibility index (Phi) is 6.32. The molecule has 2 heterocycles. The summed E-state index contributed by atoms with van der Waals surface area (Å²) in [5.41, 5.74) is 2.88. The van der Waals surface area contributed by atoms with E-state index in [1.165, 1.54) is 5.56 Å². The smallest absolute Gasteiger partial charge is 0.273 e. The molecule has 6 nitrogen and oxygen atoms in total. The normalized spacial score (nSPS) is 16.8. The van der Waals surface area contributed by atoms with Crippen molar-refractivity contribution >= 4 is 5.91 Å². The van der Waals surface area contributed by atoms with E-state index in [-0.39, 0.29) is 5.91 Å². The van der Waals surface area contributed by atoms with Crippen molar-refractivity contribution in [2.24, 2.45) is 5.92 Å². The Morgan fingerprint density at radius 3 is 2.52 bits per heavy atom. The number of hydrogen-bond donors (Lipinski definition) is 1. The van der Waals surface area contributed by atoms with E-state index in [1.807, 2.05) is 30.3 Å². The maximum absolute atomic E-state index is 12.4. The van der Waals surface area contributed by atoms with E-state index in [0.717, 1.165) is 38.0 Å². The third-order valence-electron chi connectivity index (χ3n) is 5.44. The van der Waals surface area contributed by atoms with Gasteiger partial charge in [0.1, 0.15) is 0 Å². The summed E-state index contributed by atoms with van der Waals surface area (Å²) in [4.78, 5) is 14.9. The van der Waals surface area contributed by atoms with E-state index in [1.54, 1.807) is 10.9 Å². The number of nitrogens with zero attached hydrogens (tertiary/aromatic N) is 4. The zero-order valence-electron chi connectivity index (χ0n) is 16.6. The van der Waals surface area contributed by atoms with E-state index in [9.17, 15) is 4.79 Å². The number of nitrogens with one attached hydrogen (secondary N) is 1. The van der Waals surface area contributed by atoms with Crippen LogP contribution in [0, 0.1) is 5.92 Å². The fourth-order valence-electron chi connectivity index (χ4n) is 3.79. The molecule has 1 fully saturated rings. The number of amides is 1. The first kappa shape index (κ1) is 19.3. The Balaban J connectivity index is 1.20. The summed E-state index contributed by atoms with van der Waals surface area (Å²) in [6.07, 6.45) is 3.91. The van der Waals surface area contributed by atoms with Crippen LogP contribution >= 0.6 is 0 Å². The molecule has 0 aliphatic carbocycles. The van der Waals surface area contributed by atoms with Gasteiger partial charge in [0, 0.05) is 19.6 Å². The lowest BCUT2D eigenvalue weighted by Crippen LogP contribution is -2.31. The van der Waals surface area contributed by atoms with Gasteiger partial charge in [-0.3, -0.25) is 4.79 Å². The molecule has 1 aliphatic rings. The summed E-state index contributed by atoms with van der Waals surface area (Å²) < 4.78 is 1.70. The Morgan fingerprint density at radius 1 is 1.03 bits per heavy atom. The van der Waals surface area contributed by atoms with Crippen molar-refractivity contribution in [2.75, 3.05) is 26.2 Å². The van der Waals surface area contributed by atoms with Gasteiger partial charge < -0.3 is 10.2 Å². The minimum Gasteiger partial charge on any atom is -0.350 e. The van der Waals surface area contributed by atoms with Gasteiger partial charge >= 0.3 is 0 Å². The lowest BCUT2D eigenvalue weighted by atomic mass is 10.1. The van der Waals surface area contributed by atoms with Crippen molar-refractivity contribution in [3.05, 3.63) is 83.7 Å². The maximum Gasteiger partial charge on any atom is 0.273 e. The Bertz CT molecular complexity index is 909. The molecule has 3 aromatic rings. The summed E-state index contributed by atoms with van der Waals surface area (Å²) >= 11 is 0. The second-order valence-electron chi connectivity index (χ2n) is 7.69. The standard InChI is InChI=1S/C23H27N5O/c29-23(22-18-28(26-25-22)17-20-9-5-2-6-10-20)24-15-21-12-14-27(16-21)13-11-19-7-3-1-4-8-19/h1-10,18,21H,11-17H2,(H,24,29). The van der Waals surface area contributed by atoms with Crippen LogP contribution in [0.15, 0.2) is 66.9 Å². The molecule has 6 heteroatoms. The molecule has 0 saturated carbocycles. The predicted molar refractivity (Wildman–Crippen MR) is 113 cm³/mol. The molecule has 0 spiro atoms. The number of hydrogen-bond acceptors (Lipinski definition) is 4. The summed E-state index contributed by atoms with van der Waals surface area (Å²) in [5.74, 6) is 0.348. The third kappa shape index (κ3) is 5.51. The molecule has 1 aromatic heterocycles. The van der Waals surface area contributed by atoms with Crippen LogP contribution < -0.4 is 5.32 Å². The van der Waals surface area contributed by atoms with E-state index < -0.39 is 0 Å². The maximum atomic E-state index is 12.4. The number of benzene rings is 2. The minimum absolute atomic E-state index is 0.146. The molecule has 0 bridgehead atoms. The number of rotatable bonds is 8. The van der Waals surface area contributed by atoms with E-state index in [2.05, 4.69) is 50.9 Å². The van der Waals surface area contributed by atoms with E-state index >= 15 is 0 Å². The van der Waals surface area contributed by atoms with Gasteiger partial charge in [-0.1, -0.05) is 65.9 Å². The van der Waals surface area contributed by atoms with Crippen LogP contribution in [0.4, 0.5) is 0 Å². The first-order chi connectivity index (χ1) is 14.3. The molecular formula is C23H27N5O. The summed E-state index contributed by atoms with van der Waals surface area (Å²) in [6.45, 7) is 4.50. The molecular weight excluding hydrogens is 362 g/mol. The van der Waals surface area contributed by atoms with Gasteiger partial charge in [0.2, 0.25) is 0 Å². The molecule has 1 atom stereocenters. The zero-order chi connectivity index (χ0) is 19.9. The number of carbonyl (C=O) groups excluding carboxylic acids is 1. The van der Waals surface area contributed by atoms with Gasteiger partial charge in [-0.05, 0) is 36.4 Å². The van der Waals surface area contributed by atoms with Crippen LogP contribution in [0.1, 0.15) is 28.0 Å². The van der Waals surface area contributed by atoms with Crippen molar-refractivity contribution in [2.45, 2.75) is 19.4 Å². The van der Waals surface area contributed by atoms with Crippen molar-refractivity contribution in [3.63, 3.8) is 0 Å². The second-order valence-corrected chi connectivity index (χ2v) is 7.69. The number of likely N-dealkylation sites (tertiary alicyclic amines) is 1. The SMILES string of the molecule is O=C(NCC1CCN(CCc2ccccc2)C1)c1cn(Cc2ccccc2)nn1. The molecule has 1 amide bonds. The molecule has 1 saturated heterocycles. The van der Waals surface area contributed by atoms with Crippen LogP contribution in [0.25, 0.3) is 0 Å². The summed E-state index contributed by atoms with van der Waals surface area (Å²) in [7, 11) is 0. The highest BCUT2D eigenvalue weighted by Crippen LogP contribution is 2.16. The molecule has 2 aromatic carbocycles. The lowest BCUT2D eigenvalue weighted by molar-refractivity contribution is 0.0942. The second kappa shape index (κ2) is 9.47. The van der Waals surface area contributed by atoms with Gasteiger partial charge in [0.15, 0.2) is 5.69 Å². The van der Waals surface area contributed by atoms with Gasteiger partial charge in [-0.25, -0.2) is 4.68 Å². The summed E-state index contributed by atoms with van der Waals surface area (Å²) in [5, 5.41) is 11.1. The average molecular weight is 390 g/mol. The quantitative estimate of drug-likeness (QED) is 0.643. The van der Waals surface area contributed by atoms with Gasteiger partial charge in [-0.15, -0.1) is 5.10 Å². The summed E-state index contributed by atoms with van der Waals surface area (Å²) in [6, 6.07) is 20.6. The fraction of sp³-hybridized carbons (Fsp3) is 0.348. The average Bonchev–Trinajstić information content (AvgIpc) is 3.42. The van der Waals surface area contributed by atoms with Crippen LogP contribution in [-0.2, 0) is 13.0 Å². The van der Waals surface area contributed by atoms with Gasteiger partial charge in [-0.2, -0.15) is 0 Å². The molecule has 29 heavy (non-hydrogen) atoms. The first-order valence-electron chi connectivity index (χ1n) is 10.2. The zero-order valence-corrected chi connectivity index (χ0v) is 16.6. The van der Waals surface area contributed by atoms with Crippen LogP contribution in [0.2, 0.25) is 0 Å². The van der Waals surface area contributed by atoms with E-state index in [4.69, 9.17) is 0 Å². The molecule has 1 unspecified atom stereocenters. The van der Waals surface area contributed by atoms with Crippen LogP contribution in [0.5, 0.6) is 0 Å². The highest BCUT2D eigenvalue weighted by molar-refractivity contribution is 5.91. The number of carbonyl (C=O) groups is 1. The van der Waals surface area contributed by atoms with Gasteiger partial charge in [0.05, 0.1) is 12.7 Å². The van der Waals surface area contributed by atoms with Crippen LogP contribution in [-0.4, -0.2) is 52.0 Å². The number of aromatic nitrogens is 3. The molecule has 4 rings (SSSR count). The Morgan fingerprint density at radius 2 is 1.76 bits per heavy atom. The molecule has 150 valence electrons.